The number of ketones is 1. The molecule has 0 unspecified atom stereocenters. The molecular weight excluding hydrogens is 655 g/mol. The number of aliphatic hydroxyl groups is 1. The number of hydrogen-bond acceptors (Lipinski definition) is 4. The van der Waals surface area contributed by atoms with Gasteiger partial charge in [-0.1, -0.05) is 64.4 Å². The van der Waals surface area contributed by atoms with E-state index < -0.39 is 0 Å². The van der Waals surface area contributed by atoms with Crippen LogP contribution in [-0.2, 0) is 24.9 Å². The first-order chi connectivity index (χ1) is 17.2. The molecule has 5 rings (SSSR count). The van der Waals surface area contributed by atoms with Crippen molar-refractivity contribution in [3.05, 3.63) is 66.6 Å². The van der Waals surface area contributed by atoms with E-state index in [1.807, 2.05) is 65.1 Å². The number of pyridine rings is 1. The quantitative estimate of drug-likeness (QED) is 0.0801. The molecule has 0 spiro atoms. The number of thiophene rings is 1. The van der Waals surface area contributed by atoms with Gasteiger partial charge in [0.05, 0.1) is 0 Å². The molecule has 3 nitrogen and oxygen atoms in total. The summed E-state index contributed by atoms with van der Waals surface area (Å²) in [6.45, 7) is 12.1. The van der Waals surface area contributed by atoms with E-state index in [4.69, 9.17) is 0 Å². The second-order valence-corrected chi connectivity index (χ2v) is 11.3. The van der Waals surface area contributed by atoms with Crippen LogP contribution in [0.2, 0.25) is 0 Å². The molecule has 0 atom stereocenters. The van der Waals surface area contributed by atoms with E-state index in [9.17, 15) is 9.90 Å². The van der Waals surface area contributed by atoms with Crippen LogP contribution in [0.15, 0.2) is 60.5 Å². The van der Waals surface area contributed by atoms with E-state index in [0.717, 1.165) is 36.6 Å². The molecule has 5 heteroatoms. The van der Waals surface area contributed by atoms with Crippen LogP contribution in [0.4, 0.5) is 0 Å². The maximum Gasteiger partial charge on any atom is 0.164 e. The minimum atomic E-state index is -0.337. The van der Waals surface area contributed by atoms with Gasteiger partial charge in [-0.25, -0.2) is 0 Å². The van der Waals surface area contributed by atoms with Gasteiger partial charge in [-0.2, -0.15) is 0 Å². The van der Waals surface area contributed by atoms with Crippen molar-refractivity contribution < 1.29 is 30.0 Å². The van der Waals surface area contributed by atoms with Gasteiger partial charge in [0.2, 0.25) is 0 Å². The molecule has 0 fully saturated rings. The minimum Gasteiger partial charge on any atom is -0.512 e. The van der Waals surface area contributed by atoms with Crippen LogP contribution in [0.5, 0.6) is 0 Å². The Labute approximate surface area is 237 Å². The van der Waals surface area contributed by atoms with E-state index in [2.05, 4.69) is 47.4 Å². The van der Waals surface area contributed by atoms with Crippen molar-refractivity contribution in [2.45, 2.75) is 67.2 Å². The van der Waals surface area contributed by atoms with Gasteiger partial charge in [0.25, 0.3) is 0 Å². The largest absolute Gasteiger partial charge is 0.512 e. The number of carbonyl (C=O) groups is 1. The molecule has 0 saturated carbocycles. The summed E-state index contributed by atoms with van der Waals surface area (Å²) in [6, 6.07) is 18.2. The molecule has 1 radical (unpaired) electrons. The Hall–Kier alpha value is -2.33. The summed E-state index contributed by atoms with van der Waals surface area (Å²) in [5.74, 6) is 0.286. The zero-order valence-corrected chi connectivity index (χ0v) is 25.8. The van der Waals surface area contributed by atoms with Crippen molar-refractivity contribution in [2.24, 2.45) is 10.8 Å². The molecule has 0 amide bonds. The molecule has 0 aliphatic heterocycles. The zero-order valence-electron chi connectivity index (χ0n) is 22.6. The monoisotopic (exact) mass is 691 g/mol. The fourth-order valence-electron chi connectivity index (χ4n) is 4.72. The molecule has 0 aliphatic rings. The number of aromatic nitrogens is 1. The molecule has 2 heterocycles. The van der Waals surface area contributed by atoms with Gasteiger partial charge in [-0.15, -0.1) is 41.0 Å². The van der Waals surface area contributed by atoms with Gasteiger partial charge in [0.15, 0.2) is 5.78 Å². The van der Waals surface area contributed by atoms with Gasteiger partial charge in [-0.3, -0.25) is 4.79 Å². The Morgan fingerprint density at radius 2 is 1.54 bits per heavy atom. The van der Waals surface area contributed by atoms with E-state index in [-0.39, 0.29) is 42.5 Å². The first-order valence-electron chi connectivity index (χ1n) is 13.0. The third-order valence-corrected chi connectivity index (χ3v) is 9.51. The van der Waals surface area contributed by atoms with Gasteiger partial charge in [0, 0.05) is 52.6 Å². The normalized spacial score (nSPS) is 12.6. The molecule has 2 aromatic heterocycles. The maximum atomic E-state index is 12.2. The summed E-state index contributed by atoms with van der Waals surface area (Å²) in [7, 11) is 0. The number of allylic oxidation sites excluding steroid dienone is 2. The summed E-state index contributed by atoms with van der Waals surface area (Å²) in [4.78, 5) is 16.8. The first kappa shape index (κ1) is 29.2. The minimum absolute atomic E-state index is 0. The molecule has 3 aromatic carbocycles. The number of fused-ring (bicyclic) bond motifs is 3. The third-order valence-electron chi connectivity index (χ3n) is 8.39. The summed E-state index contributed by atoms with van der Waals surface area (Å²) in [5.41, 5.74) is 0.479. The summed E-state index contributed by atoms with van der Waals surface area (Å²) in [6.07, 6.45) is 6.66. The van der Waals surface area contributed by atoms with Crippen molar-refractivity contribution in [1.82, 2.24) is 4.98 Å². The number of rotatable bonds is 7. The van der Waals surface area contributed by atoms with Crippen LogP contribution < -0.4 is 0 Å². The van der Waals surface area contributed by atoms with Gasteiger partial charge in [-0.05, 0) is 54.1 Å². The van der Waals surface area contributed by atoms with Crippen LogP contribution in [0.3, 0.4) is 0 Å². The Bertz CT molecular complexity index is 1460. The molecule has 0 aliphatic carbocycles. The van der Waals surface area contributed by atoms with Crippen molar-refractivity contribution in [2.75, 3.05) is 0 Å². The molecule has 197 valence electrons. The molecule has 0 saturated heterocycles. The van der Waals surface area contributed by atoms with Crippen molar-refractivity contribution in [3.8, 4) is 0 Å². The number of carbonyl (C=O) groups excluding carboxylic acids is 1. The van der Waals surface area contributed by atoms with Crippen molar-refractivity contribution in [3.63, 3.8) is 0 Å². The third kappa shape index (κ3) is 5.19. The zero-order chi connectivity index (χ0) is 26.1. The van der Waals surface area contributed by atoms with E-state index in [1.54, 1.807) is 0 Å². The predicted molar refractivity (Wildman–Crippen MR) is 155 cm³/mol. The maximum absolute atomic E-state index is 12.2. The average Bonchev–Trinajstić information content (AvgIpc) is 3.31. The number of aliphatic hydroxyl groups excluding tert-OH is 1. The molecular formula is C32H36IrNO2S-. The van der Waals surface area contributed by atoms with Crippen LogP contribution in [0.25, 0.3) is 41.8 Å². The molecule has 0 bridgehead atoms. The van der Waals surface area contributed by atoms with E-state index in [0.29, 0.717) is 0 Å². The predicted octanol–water partition coefficient (Wildman–Crippen LogP) is 9.64. The average molecular weight is 691 g/mol. The fraction of sp³-hybridized carbons (Fsp3) is 0.375. The van der Waals surface area contributed by atoms with Gasteiger partial charge >= 0.3 is 0 Å². The van der Waals surface area contributed by atoms with Crippen LogP contribution >= 0.6 is 11.3 Å². The molecule has 37 heavy (non-hydrogen) atoms. The SMILES string of the molecule is CCC(C)(CC)C(=O)/C=C(\O)C(C)(CC)CC.[Ir].[c-]1cccc2c1c1nccc3sc4cccc2c4c31. The Morgan fingerprint density at radius 3 is 2.19 bits per heavy atom. The summed E-state index contributed by atoms with van der Waals surface area (Å²) >= 11 is 1.85. The fourth-order valence-corrected chi connectivity index (χ4v) is 5.85. The second-order valence-electron chi connectivity index (χ2n) is 10.2. The van der Waals surface area contributed by atoms with E-state index in [1.165, 1.54) is 37.0 Å². The standard InChI is InChI=1S/C17H8NS.C15H28O2.Ir/c1-2-5-12-10(4-1)11-6-3-7-13-15(11)16-14(19-13)8-9-18-17(12)16;1-7-14(5,8-2)12(16)11-13(17)15(6,9-3)10-4;/h1-4,6-9H;11,16H,7-10H2,1-6H3;/q-1;;/b;12-11-;. The van der Waals surface area contributed by atoms with Gasteiger partial charge in [0.1, 0.15) is 5.76 Å². The van der Waals surface area contributed by atoms with Crippen molar-refractivity contribution >= 4 is 59.0 Å². The number of nitrogens with zero attached hydrogens (tertiary/aromatic N) is 1. The van der Waals surface area contributed by atoms with Crippen LogP contribution in [-0.4, -0.2) is 15.9 Å². The Kier molecular flexibility index (Phi) is 9.16. The first-order valence-corrected chi connectivity index (χ1v) is 13.8. The Morgan fingerprint density at radius 1 is 0.919 bits per heavy atom. The Balaban J connectivity index is 0.000000203. The number of benzene rings is 3. The van der Waals surface area contributed by atoms with Crippen LogP contribution in [0.1, 0.15) is 67.2 Å². The topological polar surface area (TPSA) is 50.2 Å². The summed E-state index contributed by atoms with van der Waals surface area (Å²) < 4.78 is 2.66. The molecule has 5 aromatic rings. The van der Waals surface area contributed by atoms with Gasteiger partial charge < -0.3 is 10.1 Å². The molecule has 1 N–H and O–H groups in total. The van der Waals surface area contributed by atoms with Crippen LogP contribution in [0, 0.1) is 16.9 Å². The van der Waals surface area contributed by atoms with E-state index >= 15 is 0 Å². The smallest absolute Gasteiger partial charge is 0.164 e. The summed E-state index contributed by atoms with van der Waals surface area (Å²) in [5, 5.41) is 16.5. The number of hydrogen-bond donors (Lipinski definition) is 1. The second kappa shape index (κ2) is 11.6. The van der Waals surface area contributed by atoms with Crippen molar-refractivity contribution in [1.29, 1.82) is 0 Å².